The van der Waals surface area contributed by atoms with E-state index in [1.807, 2.05) is 39.2 Å². The van der Waals surface area contributed by atoms with Crippen molar-refractivity contribution >= 4 is 23.6 Å². The zero-order chi connectivity index (χ0) is 16.0. The lowest BCUT2D eigenvalue weighted by Gasteiger charge is -2.16. The molecule has 0 fully saturated rings. The first kappa shape index (κ1) is 17.6. The lowest BCUT2D eigenvalue weighted by Crippen LogP contribution is -2.42. The Bertz CT molecular complexity index is 505. The number of hydrogen-bond acceptors (Lipinski definition) is 3. The van der Waals surface area contributed by atoms with Crippen molar-refractivity contribution in [2.45, 2.75) is 39.7 Å². The van der Waals surface area contributed by atoms with E-state index in [2.05, 4.69) is 5.32 Å². The molecule has 1 unspecified atom stereocenters. The Balaban J connectivity index is 2.74. The number of aliphatic carboxylic acids is 1. The van der Waals surface area contributed by atoms with Crippen LogP contribution in [0.15, 0.2) is 12.1 Å². The maximum Gasteiger partial charge on any atom is 0.326 e. The average molecular weight is 309 g/mol. The Labute approximate surface area is 130 Å². The lowest BCUT2D eigenvalue weighted by molar-refractivity contribution is -0.141. The van der Waals surface area contributed by atoms with Gasteiger partial charge in [-0.25, -0.2) is 4.79 Å². The Morgan fingerprint density at radius 1 is 1.24 bits per heavy atom. The van der Waals surface area contributed by atoms with E-state index in [1.54, 1.807) is 11.8 Å². The highest BCUT2D eigenvalue weighted by Crippen LogP contribution is 2.17. The van der Waals surface area contributed by atoms with Gasteiger partial charge >= 0.3 is 5.97 Å². The van der Waals surface area contributed by atoms with Gasteiger partial charge in [0.05, 0.1) is 6.42 Å². The van der Waals surface area contributed by atoms with Crippen molar-refractivity contribution in [1.82, 2.24) is 5.32 Å². The van der Waals surface area contributed by atoms with Crippen LogP contribution in [0.4, 0.5) is 0 Å². The number of benzene rings is 1. The molecule has 0 bridgehead atoms. The predicted molar refractivity (Wildman–Crippen MR) is 86.9 cm³/mol. The third-order valence-electron chi connectivity index (χ3n) is 3.42. The second-order valence-electron chi connectivity index (χ2n) is 5.29. The summed E-state index contributed by atoms with van der Waals surface area (Å²) >= 11 is 1.57. The highest BCUT2D eigenvalue weighted by atomic mass is 32.2. The molecule has 21 heavy (non-hydrogen) atoms. The molecule has 0 spiro atoms. The fourth-order valence-electron chi connectivity index (χ4n) is 2.39. The molecule has 0 aliphatic heterocycles. The minimum Gasteiger partial charge on any atom is -0.480 e. The molecule has 116 valence electrons. The number of carboxylic acid groups (broad SMARTS) is 1. The monoisotopic (exact) mass is 309 g/mol. The molecule has 0 aromatic heterocycles. The van der Waals surface area contributed by atoms with Crippen LogP contribution in [0.1, 0.15) is 28.7 Å². The molecular formula is C16H23NO3S. The lowest BCUT2D eigenvalue weighted by atomic mass is 9.97. The molecule has 0 saturated heterocycles. The van der Waals surface area contributed by atoms with Gasteiger partial charge in [-0.05, 0) is 55.9 Å². The van der Waals surface area contributed by atoms with Gasteiger partial charge in [-0.3, -0.25) is 4.79 Å². The second-order valence-corrected chi connectivity index (χ2v) is 6.28. The van der Waals surface area contributed by atoms with Crippen molar-refractivity contribution in [3.05, 3.63) is 34.4 Å². The van der Waals surface area contributed by atoms with Crippen molar-refractivity contribution in [3.63, 3.8) is 0 Å². The predicted octanol–water partition coefficient (Wildman–Crippen LogP) is 2.48. The molecular weight excluding hydrogens is 286 g/mol. The standard InChI is InChI=1S/C16H23NO3S/c1-10-7-11(2)13(12(3)8-10)9-15(18)17-14(16(19)20)5-6-21-4/h7-8,14H,5-6,9H2,1-4H3,(H,17,18)(H,19,20). The zero-order valence-corrected chi connectivity index (χ0v) is 13.8. The average Bonchev–Trinajstić information content (AvgIpc) is 2.38. The van der Waals surface area contributed by atoms with Crippen LogP contribution in [0.5, 0.6) is 0 Å². The Hall–Kier alpha value is -1.49. The maximum absolute atomic E-state index is 12.1. The minimum atomic E-state index is -0.977. The number of amides is 1. The second kappa shape index (κ2) is 8.08. The summed E-state index contributed by atoms with van der Waals surface area (Å²) in [5.74, 6) is -0.506. The number of thioether (sulfide) groups is 1. The fourth-order valence-corrected chi connectivity index (χ4v) is 2.86. The molecule has 0 radical (unpaired) electrons. The summed E-state index contributed by atoms with van der Waals surface area (Å²) in [5, 5.41) is 11.8. The van der Waals surface area contributed by atoms with E-state index in [1.165, 1.54) is 0 Å². The number of carboxylic acids is 1. The largest absolute Gasteiger partial charge is 0.480 e. The Morgan fingerprint density at radius 3 is 2.29 bits per heavy atom. The van der Waals surface area contributed by atoms with E-state index in [9.17, 15) is 9.59 Å². The summed E-state index contributed by atoms with van der Waals surface area (Å²) in [6, 6.07) is 3.27. The van der Waals surface area contributed by atoms with Crippen molar-refractivity contribution < 1.29 is 14.7 Å². The van der Waals surface area contributed by atoms with Gasteiger partial charge in [0, 0.05) is 0 Å². The normalized spacial score (nSPS) is 12.0. The molecule has 5 heteroatoms. The number of carbonyl (C=O) groups excluding carboxylic acids is 1. The van der Waals surface area contributed by atoms with Gasteiger partial charge in [-0.2, -0.15) is 11.8 Å². The number of nitrogens with one attached hydrogen (secondary N) is 1. The number of carbonyl (C=O) groups is 2. The molecule has 0 saturated carbocycles. The van der Waals surface area contributed by atoms with E-state index >= 15 is 0 Å². The zero-order valence-electron chi connectivity index (χ0n) is 13.0. The number of hydrogen-bond donors (Lipinski definition) is 2. The molecule has 1 amide bonds. The molecule has 1 rings (SSSR count). The van der Waals surface area contributed by atoms with Crippen molar-refractivity contribution in [2.75, 3.05) is 12.0 Å². The smallest absolute Gasteiger partial charge is 0.326 e. The molecule has 0 aliphatic rings. The molecule has 4 nitrogen and oxygen atoms in total. The van der Waals surface area contributed by atoms with Crippen LogP contribution in [0.25, 0.3) is 0 Å². The Kier molecular flexibility index (Phi) is 6.75. The van der Waals surface area contributed by atoms with Gasteiger partial charge in [-0.1, -0.05) is 17.7 Å². The van der Waals surface area contributed by atoms with Gasteiger partial charge < -0.3 is 10.4 Å². The molecule has 2 N–H and O–H groups in total. The van der Waals surface area contributed by atoms with Gasteiger partial charge in [-0.15, -0.1) is 0 Å². The van der Waals surface area contributed by atoms with Crippen LogP contribution >= 0.6 is 11.8 Å². The van der Waals surface area contributed by atoms with Gasteiger partial charge in [0.25, 0.3) is 0 Å². The molecule has 1 aromatic rings. The van der Waals surface area contributed by atoms with E-state index < -0.39 is 12.0 Å². The molecule has 0 heterocycles. The maximum atomic E-state index is 12.1. The minimum absolute atomic E-state index is 0.223. The van der Waals surface area contributed by atoms with Crippen LogP contribution < -0.4 is 5.32 Å². The van der Waals surface area contributed by atoms with Gasteiger partial charge in [0.2, 0.25) is 5.91 Å². The van der Waals surface area contributed by atoms with Crippen LogP contribution in [-0.2, 0) is 16.0 Å². The molecule has 1 atom stereocenters. The van der Waals surface area contributed by atoms with Crippen molar-refractivity contribution in [2.24, 2.45) is 0 Å². The summed E-state index contributed by atoms with van der Waals surface area (Å²) < 4.78 is 0. The quantitative estimate of drug-likeness (QED) is 0.812. The first-order valence-electron chi connectivity index (χ1n) is 6.93. The van der Waals surface area contributed by atoms with Crippen LogP contribution in [-0.4, -0.2) is 35.0 Å². The van der Waals surface area contributed by atoms with Crippen LogP contribution in [0, 0.1) is 20.8 Å². The van der Waals surface area contributed by atoms with Gasteiger partial charge in [0.15, 0.2) is 0 Å². The first-order valence-corrected chi connectivity index (χ1v) is 8.32. The summed E-state index contributed by atoms with van der Waals surface area (Å²) in [7, 11) is 0. The topological polar surface area (TPSA) is 66.4 Å². The van der Waals surface area contributed by atoms with E-state index in [-0.39, 0.29) is 12.3 Å². The van der Waals surface area contributed by atoms with E-state index in [0.717, 1.165) is 22.3 Å². The fraction of sp³-hybridized carbons (Fsp3) is 0.500. The summed E-state index contributed by atoms with van der Waals surface area (Å²) in [6.07, 6.45) is 2.58. The van der Waals surface area contributed by atoms with E-state index in [0.29, 0.717) is 12.2 Å². The van der Waals surface area contributed by atoms with Crippen LogP contribution in [0.2, 0.25) is 0 Å². The summed E-state index contributed by atoms with van der Waals surface area (Å²) in [4.78, 5) is 23.2. The van der Waals surface area contributed by atoms with E-state index in [4.69, 9.17) is 5.11 Å². The number of aryl methyl sites for hydroxylation is 3. The third-order valence-corrected chi connectivity index (χ3v) is 4.07. The van der Waals surface area contributed by atoms with Crippen LogP contribution in [0.3, 0.4) is 0 Å². The van der Waals surface area contributed by atoms with Crippen molar-refractivity contribution in [1.29, 1.82) is 0 Å². The highest BCUT2D eigenvalue weighted by molar-refractivity contribution is 7.98. The third kappa shape index (κ3) is 5.42. The SMILES string of the molecule is CSCCC(NC(=O)Cc1c(C)cc(C)cc1C)C(=O)O. The summed E-state index contributed by atoms with van der Waals surface area (Å²) in [5.41, 5.74) is 4.28. The highest BCUT2D eigenvalue weighted by Gasteiger charge is 2.20. The molecule has 1 aromatic carbocycles. The summed E-state index contributed by atoms with van der Waals surface area (Å²) in [6.45, 7) is 5.97. The van der Waals surface area contributed by atoms with Gasteiger partial charge in [0.1, 0.15) is 6.04 Å². The Morgan fingerprint density at radius 2 is 1.81 bits per heavy atom. The molecule has 0 aliphatic carbocycles. The first-order chi connectivity index (χ1) is 9.85. The van der Waals surface area contributed by atoms with Crippen molar-refractivity contribution in [3.8, 4) is 0 Å². The number of rotatable bonds is 7.